The first kappa shape index (κ1) is 14.1. The van der Waals surface area contributed by atoms with Crippen LogP contribution in [0.2, 0.25) is 0 Å². The number of hydrogen-bond acceptors (Lipinski definition) is 7. The van der Waals surface area contributed by atoms with Gasteiger partial charge in [0.2, 0.25) is 0 Å². The second-order valence-corrected chi connectivity index (χ2v) is 3.83. The number of hydrazone groups is 1. The van der Waals surface area contributed by atoms with Gasteiger partial charge in [-0.25, -0.2) is 5.43 Å². The number of aromatic hydroxyl groups is 2. The molecule has 1 aromatic carbocycles. The first-order valence-corrected chi connectivity index (χ1v) is 5.57. The van der Waals surface area contributed by atoms with E-state index in [0.717, 1.165) is 18.3 Å². The molecule has 108 valence electrons. The van der Waals surface area contributed by atoms with Crippen LogP contribution in [-0.4, -0.2) is 27.3 Å². The Morgan fingerprint density at radius 2 is 2.10 bits per heavy atom. The highest BCUT2D eigenvalue weighted by molar-refractivity contribution is 5.97. The van der Waals surface area contributed by atoms with Gasteiger partial charge in [-0.2, -0.15) is 5.10 Å². The van der Waals surface area contributed by atoms with Gasteiger partial charge in [0.1, 0.15) is 16.4 Å². The molecule has 0 aliphatic carbocycles. The Bertz CT molecular complexity index is 722. The van der Waals surface area contributed by atoms with Crippen LogP contribution in [0.1, 0.15) is 16.1 Å². The summed E-state index contributed by atoms with van der Waals surface area (Å²) in [4.78, 5) is 21.4. The lowest BCUT2D eigenvalue weighted by molar-refractivity contribution is -0.402. The summed E-state index contributed by atoms with van der Waals surface area (Å²) < 4.78 is 4.79. The number of hydrogen-bond donors (Lipinski definition) is 3. The highest BCUT2D eigenvalue weighted by Crippen LogP contribution is 2.22. The van der Waals surface area contributed by atoms with Gasteiger partial charge in [0.25, 0.3) is 5.91 Å². The molecule has 1 aromatic heterocycles. The first-order valence-electron chi connectivity index (χ1n) is 5.57. The average Bonchev–Trinajstić information content (AvgIpc) is 2.87. The van der Waals surface area contributed by atoms with Crippen molar-refractivity contribution in [1.29, 1.82) is 0 Å². The largest absolute Gasteiger partial charge is 0.508 e. The molecule has 9 nitrogen and oxygen atoms in total. The van der Waals surface area contributed by atoms with Gasteiger partial charge in [0.15, 0.2) is 5.76 Å². The molecule has 0 atom stereocenters. The van der Waals surface area contributed by atoms with Crippen LogP contribution in [0, 0.1) is 10.1 Å². The highest BCUT2D eigenvalue weighted by Gasteiger charge is 2.12. The van der Waals surface area contributed by atoms with Crippen LogP contribution in [-0.2, 0) is 0 Å². The number of rotatable bonds is 4. The number of phenols is 2. The molecule has 0 unspecified atom stereocenters. The minimum absolute atomic E-state index is 0.0805. The highest BCUT2D eigenvalue weighted by atomic mass is 16.6. The number of carbonyl (C=O) groups excluding carboxylic acids is 1. The van der Waals surface area contributed by atoms with E-state index >= 15 is 0 Å². The number of nitrogens with zero attached hydrogens (tertiary/aromatic N) is 2. The van der Waals surface area contributed by atoms with Gasteiger partial charge in [0.05, 0.1) is 17.8 Å². The summed E-state index contributed by atoms with van der Waals surface area (Å²) in [5, 5.41) is 32.5. The van der Waals surface area contributed by atoms with Crippen molar-refractivity contribution in [2.45, 2.75) is 0 Å². The van der Waals surface area contributed by atoms with E-state index in [1.165, 1.54) is 18.2 Å². The van der Waals surface area contributed by atoms with Gasteiger partial charge >= 0.3 is 5.88 Å². The molecule has 1 heterocycles. The zero-order valence-electron chi connectivity index (χ0n) is 10.4. The number of furan rings is 1. The molecule has 1 amide bonds. The third-order valence-corrected chi connectivity index (χ3v) is 2.38. The van der Waals surface area contributed by atoms with Crippen LogP contribution in [0.4, 0.5) is 5.88 Å². The monoisotopic (exact) mass is 291 g/mol. The Morgan fingerprint density at radius 3 is 2.71 bits per heavy atom. The average molecular weight is 291 g/mol. The van der Waals surface area contributed by atoms with Crippen molar-refractivity contribution >= 4 is 18.0 Å². The number of phenolic OH excluding ortho intramolecular Hbond substituents is 2. The summed E-state index contributed by atoms with van der Waals surface area (Å²) in [5.41, 5.74) is 2.02. The van der Waals surface area contributed by atoms with E-state index < -0.39 is 22.5 Å². The summed E-state index contributed by atoms with van der Waals surface area (Å²) in [6, 6.07) is 5.91. The summed E-state index contributed by atoms with van der Waals surface area (Å²) in [5.74, 6) is -1.67. The van der Waals surface area contributed by atoms with Crippen molar-refractivity contribution < 1.29 is 24.3 Å². The van der Waals surface area contributed by atoms with Crippen LogP contribution in [0.15, 0.2) is 39.9 Å². The lowest BCUT2D eigenvalue weighted by Gasteiger charge is -2.02. The summed E-state index contributed by atoms with van der Waals surface area (Å²) in [7, 11) is 0. The van der Waals surface area contributed by atoms with Crippen molar-refractivity contribution in [2.24, 2.45) is 5.10 Å². The molecule has 3 N–H and O–H groups in total. The van der Waals surface area contributed by atoms with Crippen LogP contribution < -0.4 is 5.43 Å². The van der Waals surface area contributed by atoms with Crippen molar-refractivity contribution in [1.82, 2.24) is 5.43 Å². The molecule has 0 spiro atoms. The zero-order chi connectivity index (χ0) is 15.4. The molecule has 0 saturated carbocycles. The fraction of sp³-hybridized carbons (Fsp3) is 0. The molecular formula is C12H9N3O6. The molecule has 2 aromatic rings. The molecule has 0 aliphatic heterocycles. The number of nitrogens with one attached hydrogen (secondary N) is 1. The maximum atomic E-state index is 11.7. The predicted octanol–water partition coefficient (Wildman–Crippen LogP) is 1.36. The van der Waals surface area contributed by atoms with Crippen LogP contribution in [0.5, 0.6) is 11.5 Å². The molecule has 2 rings (SSSR count). The van der Waals surface area contributed by atoms with E-state index in [2.05, 4.69) is 10.5 Å². The molecule has 9 heteroatoms. The van der Waals surface area contributed by atoms with Gasteiger partial charge in [-0.05, 0) is 18.2 Å². The number of amides is 1. The van der Waals surface area contributed by atoms with Gasteiger partial charge < -0.3 is 14.6 Å². The minimum atomic E-state index is -0.718. The Balaban J connectivity index is 2.03. The van der Waals surface area contributed by atoms with Crippen LogP contribution >= 0.6 is 0 Å². The molecule has 21 heavy (non-hydrogen) atoms. The van der Waals surface area contributed by atoms with Gasteiger partial charge in [0, 0.05) is 6.07 Å². The standard InChI is InChI=1S/C12H9N3O6/c16-7-1-3-9(10(17)5-7)12(18)14-13-6-8-2-4-11(21-8)15(19)20/h1-6,16-17H,(H,14,18)/b13-6+. The molecular weight excluding hydrogens is 282 g/mol. The van der Waals surface area contributed by atoms with Gasteiger partial charge in [-0.3, -0.25) is 14.9 Å². The van der Waals surface area contributed by atoms with Crippen molar-refractivity contribution in [3.05, 3.63) is 51.8 Å². The minimum Gasteiger partial charge on any atom is -0.508 e. The maximum absolute atomic E-state index is 11.7. The number of nitro groups is 1. The summed E-state index contributed by atoms with van der Waals surface area (Å²) in [6.45, 7) is 0. The third-order valence-electron chi connectivity index (χ3n) is 2.38. The summed E-state index contributed by atoms with van der Waals surface area (Å²) in [6.07, 6.45) is 1.07. The van der Waals surface area contributed by atoms with Gasteiger partial charge in [-0.1, -0.05) is 0 Å². The van der Waals surface area contributed by atoms with E-state index in [-0.39, 0.29) is 17.1 Å². The molecule has 0 fully saturated rings. The van der Waals surface area contributed by atoms with E-state index in [9.17, 15) is 20.0 Å². The fourth-order valence-electron chi connectivity index (χ4n) is 1.44. The molecule has 0 bridgehead atoms. The molecule has 0 saturated heterocycles. The second kappa shape index (κ2) is 5.74. The lowest BCUT2D eigenvalue weighted by Crippen LogP contribution is -2.17. The van der Waals surface area contributed by atoms with Crippen molar-refractivity contribution in [3.8, 4) is 11.5 Å². The van der Waals surface area contributed by atoms with Crippen molar-refractivity contribution in [2.75, 3.05) is 0 Å². The quantitative estimate of drug-likeness (QED) is 0.441. The smallest absolute Gasteiger partial charge is 0.433 e. The lowest BCUT2D eigenvalue weighted by atomic mass is 10.2. The van der Waals surface area contributed by atoms with Crippen LogP contribution in [0.3, 0.4) is 0 Å². The Labute approximate surface area is 117 Å². The first-order chi connectivity index (χ1) is 9.97. The van der Waals surface area contributed by atoms with E-state index in [0.29, 0.717) is 0 Å². The second-order valence-electron chi connectivity index (χ2n) is 3.83. The third kappa shape index (κ3) is 3.35. The zero-order valence-corrected chi connectivity index (χ0v) is 10.4. The van der Waals surface area contributed by atoms with E-state index in [1.54, 1.807) is 0 Å². The Hall–Kier alpha value is -3.36. The Kier molecular flexibility index (Phi) is 3.84. The SMILES string of the molecule is O=C(N/N=C/c1ccc([N+](=O)[O-])o1)c1ccc(O)cc1O. The normalized spacial score (nSPS) is 10.7. The Morgan fingerprint density at radius 1 is 1.33 bits per heavy atom. The predicted molar refractivity (Wildman–Crippen MR) is 70.2 cm³/mol. The van der Waals surface area contributed by atoms with E-state index in [4.69, 9.17) is 9.52 Å². The van der Waals surface area contributed by atoms with Crippen LogP contribution in [0.25, 0.3) is 0 Å². The van der Waals surface area contributed by atoms with Gasteiger partial charge in [-0.15, -0.1) is 0 Å². The molecule has 0 aliphatic rings. The maximum Gasteiger partial charge on any atom is 0.433 e. The van der Waals surface area contributed by atoms with E-state index in [1.807, 2.05) is 0 Å². The number of carbonyl (C=O) groups is 1. The fourth-order valence-corrected chi connectivity index (χ4v) is 1.44. The van der Waals surface area contributed by atoms with Crippen molar-refractivity contribution in [3.63, 3.8) is 0 Å². The number of benzene rings is 1. The summed E-state index contributed by atoms with van der Waals surface area (Å²) >= 11 is 0. The topological polar surface area (TPSA) is 138 Å². The molecule has 0 radical (unpaired) electrons.